The largest absolute Gasteiger partial charge is 0.486 e. The number of fused-ring (bicyclic) bond motifs is 1. The second kappa shape index (κ2) is 9.85. The van der Waals surface area contributed by atoms with Crippen molar-refractivity contribution >= 4 is 21.7 Å². The van der Waals surface area contributed by atoms with E-state index in [-0.39, 0.29) is 30.8 Å². The number of nitrogens with zero attached hydrogens (tertiary/aromatic N) is 1. The van der Waals surface area contributed by atoms with Gasteiger partial charge < -0.3 is 9.84 Å². The molecule has 0 aliphatic carbocycles. The zero-order chi connectivity index (χ0) is 26.1. The molecule has 190 valence electrons. The number of carboxylic acid groups (broad SMARTS) is 1. The molecule has 10 heteroatoms. The van der Waals surface area contributed by atoms with E-state index in [9.17, 15) is 26.4 Å². The highest BCUT2D eigenvalue weighted by molar-refractivity contribution is 7.92. The second-order valence-electron chi connectivity index (χ2n) is 8.47. The summed E-state index contributed by atoms with van der Waals surface area (Å²) in [7, 11) is -4.44. The first-order chi connectivity index (χ1) is 17.0. The lowest BCUT2D eigenvalue weighted by atomic mass is 10.0. The van der Waals surface area contributed by atoms with Crippen LogP contribution in [0.1, 0.15) is 30.9 Å². The van der Waals surface area contributed by atoms with E-state index < -0.39 is 38.7 Å². The van der Waals surface area contributed by atoms with E-state index in [1.807, 2.05) is 31.2 Å². The Bertz CT molecular complexity index is 1390. The molecule has 0 saturated carbocycles. The van der Waals surface area contributed by atoms with Crippen LogP contribution in [0.4, 0.5) is 18.9 Å². The predicted octanol–water partition coefficient (Wildman–Crippen LogP) is 5.76. The number of benzene rings is 3. The summed E-state index contributed by atoms with van der Waals surface area (Å²) in [6, 6.07) is 16.3. The Morgan fingerprint density at radius 2 is 1.78 bits per heavy atom. The van der Waals surface area contributed by atoms with Gasteiger partial charge in [0.15, 0.2) is 0 Å². The highest BCUT2D eigenvalue weighted by Gasteiger charge is 2.37. The SMILES string of the molecule is CCc1cccc(-c2ccc3c(c2)N(S(=O)(=O)c2cccc(C(F)(F)F)c2)C[C@H](CCC(=O)O)O3)c1. The van der Waals surface area contributed by atoms with E-state index in [1.165, 1.54) is 0 Å². The molecule has 1 N–H and O–H groups in total. The highest BCUT2D eigenvalue weighted by atomic mass is 32.2. The van der Waals surface area contributed by atoms with Gasteiger partial charge in [-0.1, -0.05) is 43.3 Å². The zero-order valence-electron chi connectivity index (χ0n) is 19.3. The molecule has 3 aromatic carbocycles. The Morgan fingerprint density at radius 3 is 2.47 bits per heavy atom. The lowest BCUT2D eigenvalue weighted by Gasteiger charge is -2.36. The van der Waals surface area contributed by atoms with E-state index >= 15 is 0 Å². The quantitative estimate of drug-likeness (QED) is 0.429. The van der Waals surface area contributed by atoms with Gasteiger partial charge in [0.1, 0.15) is 11.9 Å². The number of rotatable bonds is 7. The summed E-state index contributed by atoms with van der Waals surface area (Å²) >= 11 is 0. The van der Waals surface area contributed by atoms with Crippen LogP contribution in [0.2, 0.25) is 0 Å². The van der Waals surface area contributed by atoms with Gasteiger partial charge in [0, 0.05) is 6.42 Å². The molecule has 0 aromatic heterocycles. The first kappa shape index (κ1) is 25.6. The molecule has 1 aliphatic heterocycles. The number of anilines is 1. The lowest BCUT2D eigenvalue weighted by molar-refractivity contribution is -0.138. The van der Waals surface area contributed by atoms with Crippen LogP contribution in [0.3, 0.4) is 0 Å². The number of carbonyl (C=O) groups is 1. The molecule has 1 atom stereocenters. The summed E-state index contributed by atoms with van der Waals surface area (Å²) in [6.07, 6.45) is -4.91. The first-order valence-electron chi connectivity index (χ1n) is 11.3. The number of hydrogen-bond donors (Lipinski definition) is 1. The van der Waals surface area contributed by atoms with Crippen molar-refractivity contribution in [2.75, 3.05) is 10.8 Å². The summed E-state index contributed by atoms with van der Waals surface area (Å²) in [5.41, 5.74) is 1.74. The monoisotopic (exact) mass is 519 g/mol. The van der Waals surface area contributed by atoms with Crippen molar-refractivity contribution in [3.05, 3.63) is 77.9 Å². The summed E-state index contributed by atoms with van der Waals surface area (Å²) in [5, 5.41) is 9.06. The minimum Gasteiger partial charge on any atom is -0.486 e. The summed E-state index contributed by atoms with van der Waals surface area (Å²) in [5.74, 6) is -0.856. The van der Waals surface area contributed by atoms with Gasteiger partial charge in [-0.25, -0.2) is 8.42 Å². The summed E-state index contributed by atoms with van der Waals surface area (Å²) < 4.78 is 74.1. The van der Waals surface area contributed by atoms with Crippen molar-refractivity contribution in [1.29, 1.82) is 0 Å². The maximum absolute atomic E-state index is 13.6. The average Bonchev–Trinajstić information content (AvgIpc) is 2.86. The highest BCUT2D eigenvalue weighted by Crippen LogP contribution is 2.41. The van der Waals surface area contributed by atoms with Crippen molar-refractivity contribution in [1.82, 2.24) is 0 Å². The molecule has 0 bridgehead atoms. The van der Waals surface area contributed by atoms with Gasteiger partial charge >= 0.3 is 12.1 Å². The van der Waals surface area contributed by atoms with Crippen LogP contribution in [-0.4, -0.2) is 32.1 Å². The normalized spacial score (nSPS) is 15.8. The molecule has 1 heterocycles. The van der Waals surface area contributed by atoms with Gasteiger partial charge in [0.2, 0.25) is 0 Å². The van der Waals surface area contributed by atoms with Crippen molar-refractivity contribution in [2.24, 2.45) is 0 Å². The summed E-state index contributed by atoms with van der Waals surface area (Å²) in [6.45, 7) is 1.78. The predicted molar refractivity (Wildman–Crippen MR) is 129 cm³/mol. The van der Waals surface area contributed by atoms with Crippen LogP contribution in [0.25, 0.3) is 11.1 Å². The number of aryl methyl sites for hydroxylation is 1. The molecule has 0 radical (unpaired) electrons. The third-order valence-corrected chi connectivity index (χ3v) is 7.76. The third-order valence-electron chi connectivity index (χ3n) is 5.99. The minimum absolute atomic E-state index is 0.0314. The smallest absolute Gasteiger partial charge is 0.416 e. The van der Waals surface area contributed by atoms with E-state index in [0.29, 0.717) is 11.6 Å². The number of carboxylic acids is 1. The third kappa shape index (κ3) is 5.33. The van der Waals surface area contributed by atoms with Crippen molar-refractivity contribution in [3.63, 3.8) is 0 Å². The first-order valence-corrected chi connectivity index (χ1v) is 12.7. The van der Waals surface area contributed by atoms with Crippen LogP contribution < -0.4 is 9.04 Å². The number of aliphatic carboxylic acids is 1. The fourth-order valence-electron chi connectivity index (χ4n) is 4.08. The average molecular weight is 520 g/mol. The summed E-state index contributed by atoms with van der Waals surface area (Å²) in [4.78, 5) is 10.6. The molecule has 0 spiro atoms. The van der Waals surface area contributed by atoms with Crippen molar-refractivity contribution in [2.45, 2.75) is 43.4 Å². The van der Waals surface area contributed by atoms with Gasteiger partial charge in [-0.15, -0.1) is 0 Å². The Hall–Kier alpha value is -3.53. The van der Waals surface area contributed by atoms with E-state index in [1.54, 1.807) is 18.2 Å². The number of alkyl halides is 3. The Balaban J connectivity index is 1.81. The Labute approximate surface area is 207 Å². The number of ether oxygens (including phenoxy) is 1. The van der Waals surface area contributed by atoms with Gasteiger partial charge in [0.25, 0.3) is 10.0 Å². The van der Waals surface area contributed by atoms with Crippen LogP contribution in [-0.2, 0) is 27.4 Å². The van der Waals surface area contributed by atoms with Gasteiger partial charge in [-0.3, -0.25) is 9.10 Å². The number of halogens is 3. The van der Waals surface area contributed by atoms with Crippen LogP contribution >= 0.6 is 0 Å². The van der Waals surface area contributed by atoms with Gasteiger partial charge in [0.05, 0.1) is 22.7 Å². The Morgan fingerprint density at radius 1 is 1.06 bits per heavy atom. The fourth-order valence-corrected chi connectivity index (χ4v) is 5.63. The molecule has 1 aliphatic rings. The fraction of sp³-hybridized carbons (Fsp3) is 0.269. The Kier molecular flexibility index (Phi) is 6.99. The van der Waals surface area contributed by atoms with Gasteiger partial charge in [-0.05, 0) is 59.9 Å². The van der Waals surface area contributed by atoms with Crippen LogP contribution in [0, 0.1) is 0 Å². The molecular formula is C26H24F3NO5S. The molecule has 0 amide bonds. The van der Waals surface area contributed by atoms with Crippen LogP contribution in [0.5, 0.6) is 5.75 Å². The molecule has 6 nitrogen and oxygen atoms in total. The maximum atomic E-state index is 13.6. The van der Waals surface area contributed by atoms with Crippen molar-refractivity contribution in [3.8, 4) is 16.9 Å². The molecule has 4 rings (SSSR count). The lowest BCUT2D eigenvalue weighted by Crippen LogP contribution is -2.43. The van der Waals surface area contributed by atoms with Crippen molar-refractivity contribution < 1.29 is 36.2 Å². The second-order valence-corrected chi connectivity index (χ2v) is 10.3. The van der Waals surface area contributed by atoms with E-state index in [4.69, 9.17) is 9.84 Å². The maximum Gasteiger partial charge on any atom is 0.416 e. The standard InChI is InChI=1S/C26H24F3NO5S/c1-2-17-5-3-6-18(13-17)19-9-11-24-23(14-19)30(16-21(35-24)10-12-25(31)32)36(33,34)22-8-4-7-20(15-22)26(27,28)29/h3-9,11,13-15,21H,2,10,12,16H2,1H3,(H,31,32)/t21-/m0/s1. The van der Waals surface area contributed by atoms with Gasteiger partial charge in [-0.2, -0.15) is 13.2 Å². The van der Waals surface area contributed by atoms with E-state index in [2.05, 4.69) is 0 Å². The van der Waals surface area contributed by atoms with Crippen LogP contribution in [0.15, 0.2) is 71.6 Å². The molecule has 0 unspecified atom stereocenters. The molecule has 0 saturated heterocycles. The molecule has 0 fully saturated rings. The molecular weight excluding hydrogens is 495 g/mol. The number of hydrogen-bond acceptors (Lipinski definition) is 4. The minimum atomic E-state index is -4.71. The molecule has 36 heavy (non-hydrogen) atoms. The topological polar surface area (TPSA) is 83.9 Å². The number of sulfonamides is 1. The van der Waals surface area contributed by atoms with E-state index in [0.717, 1.165) is 40.1 Å². The molecule has 3 aromatic rings. The zero-order valence-corrected chi connectivity index (χ0v) is 20.1.